The maximum atomic E-state index is 12.3. The van der Waals surface area contributed by atoms with Crippen LogP contribution in [0.25, 0.3) is 0 Å². The van der Waals surface area contributed by atoms with E-state index in [1.165, 1.54) is 7.11 Å². The van der Waals surface area contributed by atoms with E-state index in [-0.39, 0.29) is 18.2 Å². The molecule has 2 atom stereocenters. The molecule has 2 unspecified atom stereocenters. The molecule has 5 nitrogen and oxygen atoms in total. The molecule has 1 aromatic carbocycles. The summed E-state index contributed by atoms with van der Waals surface area (Å²) in [6.45, 7) is 3.95. The zero-order valence-corrected chi connectivity index (χ0v) is 13.0. The van der Waals surface area contributed by atoms with Crippen molar-refractivity contribution >= 4 is 11.7 Å². The van der Waals surface area contributed by atoms with Gasteiger partial charge in [0.1, 0.15) is 11.3 Å². The topological polar surface area (TPSA) is 56.8 Å². The van der Waals surface area contributed by atoms with Gasteiger partial charge in [-0.15, -0.1) is 0 Å². The van der Waals surface area contributed by atoms with E-state index in [1.54, 1.807) is 7.11 Å². The lowest BCUT2D eigenvalue weighted by Gasteiger charge is -2.41. The van der Waals surface area contributed by atoms with Crippen LogP contribution >= 0.6 is 0 Å². The molecular weight excluding hydrogens is 270 g/mol. The minimum atomic E-state index is -0.750. The van der Waals surface area contributed by atoms with Gasteiger partial charge in [-0.3, -0.25) is 0 Å². The molecular formula is C16H23NO4. The Morgan fingerprint density at radius 3 is 2.24 bits per heavy atom. The summed E-state index contributed by atoms with van der Waals surface area (Å²) < 4.78 is 15.9. The molecule has 21 heavy (non-hydrogen) atoms. The van der Waals surface area contributed by atoms with Gasteiger partial charge in [0.15, 0.2) is 0 Å². The average Bonchev–Trinajstić information content (AvgIpc) is 2.46. The molecule has 116 valence electrons. The molecule has 0 aliphatic carbocycles. The minimum Gasteiger partial charge on any atom is -0.497 e. The van der Waals surface area contributed by atoms with Crippen LogP contribution in [-0.2, 0) is 14.3 Å². The average molecular weight is 293 g/mol. The van der Waals surface area contributed by atoms with E-state index in [2.05, 4.69) is 5.32 Å². The van der Waals surface area contributed by atoms with Crippen molar-refractivity contribution in [2.45, 2.75) is 44.4 Å². The van der Waals surface area contributed by atoms with Crippen LogP contribution in [-0.4, -0.2) is 37.9 Å². The monoisotopic (exact) mass is 293 g/mol. The number of hydrogen-bond donors (Lipinski definition) is 1. The third-order valence-corrected chi connectivity index (χ3v) is 3.79. The van der Waals surface area contributed by atoms with Crippen LogP contribution in [0.4, 0.5) is 5.69 Å². The largest absolute Gasteiger partial charge is 0.497 e. The number of ether oxygens (including phenoxy) is 3. The smallest absolute Gasteiger partial charge is 0.331 e. The van der Waals surface area contributed by atoms with E-state index in [0.29, 0.717) is 12.8 Å². The summed E-state index contributed by atoms with van der Waals surface area (Å²) in [4.78, 5) is 12.3. The molecule has 1 N–H and O–H groups in total. The number of nitrogens with one attached hydrogen (secondary N) is 1. The number of methoxy groups -OCH3 is 2. The van der Waals surface area contributed by atoms with Crippen LogP contribution in [0.3, 0.4) is 0 Å². The van der Waals surface area contributed by atoms with Gasteiger partial charge >= 0.3 is 5.97 Å². The molecule has 0 bridgehead atoms. The van der Waals surface area contributed by atoms with Gasteiger partial charge in [-0.05, 0) is 38.1 Å². The van der Waals surface area contributed by atoms with Crippen molar-refractivity contribution < 1.29 is 19.0 Å². The van der Waals surface area contributed by atoms with Gasteiger partial charge < -0.3 is 19.5 Å². The van der Waals surface area contributed by atoms with E-state index in [1.807, 2.05) is 38.1 Å². The highest BCUT2D eigenvalue weighted by Gasteiger charge is 2.45. The van der Waals surface area contributed by atoms with Crippen LogP contribution in [0, 0.1) is 0 Å². The van der Waals surface area contributed by atoms with Gasteiger partial charge in [0.25, 0.3) is 0 Å². The molecule has 2 rings (SSSR count). The van der Waals surface area contributed by atoms with Gasteiger partial charge in [0.05, 0.1) is 26.4 Å². The molecule has 0 radical (unpaired) electrons. The molecule has 1 aliphatic heterocycles. The predicted molar refractivity (Wildman–Crippen MR) is 80.6 cm³/mol. The second kappa shape index (κ2) is 6.35. The van der Waals surface area contributed by atoms with Gasteiger partial charge in [0.2, 0.25) is 0 Å². The maximum absolute atomic E-state index is 12.3. The van der Waals surface area contributed by atoms with E-state index < -0.39 is 5.54 Å². The Bertz CT molecular complexity index is 476. The molecule has 1 fully saturated rings. The van der Waals surface area contributed by atoms with E-state index in [9.17, 15) is 4.79 Å². The first-order valence-corrected chi connectivity index (χ1v) is 7.15. The zero-order valence-electron chi connectivity index (χ0n) is 13.0. The first-order chi connectivity index (χ1) is 9.99. The van der Waals surface area contributed by atoms with Crippen molar-refractivity contribution in [2.75, 3.05) is 19.5 Å². The molecule has 0 aromatic heterocycles. The molecule has 0 spiro atoms. The summed E-state index contributed by atoms with van der Waals surface area (Å²) in [6.07, 6.45) is 1.16. The van der Waals surface area contributed by atoms with Crippen LogP contribution in [0.1, 0.15) is 26.7 Å². The molecule has 5 heteroatoms. The van der Waals surface area contributed by atoms with Crippen molar-refractivity contribution in [1.82, 2.24) is 0 Å². The van der Waals surface area contributed by atoms with Crippen LogP contribution in [0.15, 0.2) is 24.3 Å². The van der Waals surface area contributed by atoms with Crippen LogP contribution in [0.5, 0.6) is 5.75 Å². The number of esters is 1. The fraction of sp³-hybridized carbons (Fsp3) is 0.562. The van der Waals surface area contributed by atoms with Gasteiger partial charge in [-0.2, -0.15) is 0 Å². The van der Waals surface area contributed by atoms with E-state index >= 15 is 0 Å². The van der Waals surface area contributed by atoms with Crippen molar-refractivity contribution in [3.63, 3.8) is 0 Å². The lowest BCUT2D eigenvalue weighted by molar-refractivity contribution is -0.154. The second-order valence-corrected chi connectivity index (χ2v) is 5.59. The first-order valence-electron chi connectivity index (χ1n) is 7.15. The van der Waals surface area contributed by atoms with E-state index in [0.717, 1.165) is 11.4 Å². The van der Waals surface area contributed by atoms with Crippen molar-refractivity contribution in [2.24, 2.45) is 0 Å². The standard InChI is InChI=1S/C16H23NO4/c1-11-9-16(15(18)20-4,10-12(2)21-11)17-13-5-7-14(19-3)8-6-13/h5-8,11-12,17H,9-10H2,1-4H3. The summed E-state index contributed by atoms with van der Waals surface area (Å²) in [7, 11) is 3.05. The third-order valence-electron chi connectivity index (χ3n) is 3.79. The normalized spacial score (nSPS) is 28.8. The summed E-state index contributed by atoms with van der Waals surface area (Å²) in [5.41, 5.74) is 0.114. The Morgan fingerprint density at radius 1 is 1.19 bits per heavy atom. The summed E-state index contributed by atoms with van der Waals surface area (Å²) in [6, 6.07) is 7.52. The fourth-order valence-corrected chi connectivity index (χ4v) is 3.02. The van der Waals surface area contributed by atoms with Gasteiger partial charge in [0, 0.05) is 18.5 Å². The molecule has 1 heterocycles. The van der Waals surface area contributed by atoms with Gasteiger partial charge in [-0.25, -0.2) is 4.79 Å². The summed E-state index contributed by atoms with van der Waals surface area (Å²) >= 11 is 0. The molecule has 0 amide bonds. The Kier molecular flexibility index (Phi) is 4.73. The molecule has 1 aromatic rings. The highest BCUT2D eigenvalue weighted by Crippen LogP contribution is 2.33. The fourth-order valence-electron chi connectivity index (χ4n) is 3.02. The predicted octanol–water partition coefficient (Wildman–Crippen LogP) is 2.61. The maximum Gasteiger partial charge on any atom is 0.331 e. The Balaban J connectivity index is 2.25. The van der Waals surface area contributed by atoms with Crippen molar-refractivity contribution in [1.29, 1.82) is 0 Å². The number of rotatable bonds is 4. The number of carbonyl (C=O) groups is 1. The SMILES string of the molecule is COC(=O)C1(Nc2ccc(OC)cc2)CC(C)OC(C)C1. The Morgan fingerprint density at radius 2 is 1.76 bits per heavy atom. The third kappa shape index (κ3) is 3.47. The Hall–Kier alpha value is -1.75. The van der Waals surface area contributed by atoms with Crippen LogP contribution in [0.2, 0.25) is 0 Å². The summed E-state index contributed by atoms with van der Waals surface area (Å²) in [5.74, 6) is 0.529. The quantitative estimate of drug-likeness (QED) is 0.865. The zero-order chi connectivity index (χ0) is 15.5. The lowest BCUT2D eigenvalue weighted by atomic mass is 9.83. The number of benzene rings is 1. The van der Waals surface area contributed by atoms with Gasteiger partial charge in [-0.1, -0.05) is 0 Å². The number of carbonyl (C=O) groups excluding carboxylic acids is 1. The van der Waals surface area contributed by atoms with Crippen molar-refractivity contribution in [3.8, 4) is 5.75 Å². The Labute approximate surface area is 125 Å². The molecule has 1 aliphatic rings. The first kappa shape index (κ1) is 15.6. The number of anilines is 1. The molecule has 0 saturated carbocycles. The highest BCUT2D eigenvalue weighted by atomic mass is 16.5. The molecule has 1 saturated heterocycles. The second-order valence-electron chi connectivity index (χ2n) is 5.59. The summed E-state index contributed by atoms with van der Waals surface area (Å²) in [5, 5.41) is 3.35. The lowest BCUT2D eigenvalue weighted by Crippen LogP contribution is -2.55. The highest BCUT2D eigenvalue weighted by molar-refractivity contribution is 5.84. The van der Waals surface area contributed by atoms with E-state index in [4.69, 9.17) is 14.2 Å². The van der Waals surface area contributed by atoms with Crippen LogP contribution < -0.4 is 10.1 Å². The number of hydrogen-bond acceptors (Lipinski definition) is 5. The van der Waals surface area contributed by atoms with Crippen molar-refractivity contribution in [3.05, 3.63) is 24.3 Å². The minimum absolute atomic E-state index is 0.00130.